The molecular weight excluding hydrogens is 825 g/mol. The van der Waals surface area contributed by atoms with Gasteiger partial charge in [0, 0.05) is 44.5 Å². The molecule has 0 aromatic heterocycles. The maximum Gasteiger partial charge on any atom is 0.119 e. The molecule has 0 N–H and O–H groups in total. The lowest BCUT2D eigenvalue weighted by atomic mass is 9.92. The Morgan fingerprint density at radius 3 is 0.853 bits per heavy atom. The van der Waals surface area contributed by atoms with Crippen molar-refractivity contribution in [2.45, 2.75) is 92.9 Å². The average Bonchev–Trinajstić information content (AvgIpc) is 3.35. The summed E-state index contributed by atoms with van der Waals surface area (Å²) in [4.78, 5) is 0. The van der Waals surface area contributed by atoms with Crippen molar-refractivity contribution >= 4 is 21.5 Å². The van der Waals surface area contributed by atoms with Gasteiger partial charge in [-0.1, -0.05) is 176 Å². The molecule has 2 unspecified atom stereocenters. The van der Waals surface area contributed by atoms with Crippen molar-refractivity contribution < 1.29 is 9.47 Å². The SMILES string of the molecule is CC(C)CCCC(C)CCOc1ccc(C#Cc2ccc(C#Cc3c4ccccc4c(C#Cc4ccc(C#Cc5ccc(OCCC(C)CCCC(C)C)cc5)cc4)c4ccccc34)cc2)cc1. The second-order valence-electron chi connectivity index (χ2n) is 19.2. The predicted octanol–water partition coefficient (Wildman–Crippen LogP) is 16.1. The third-order valence-corrected chi connectivity index (χ3v) is 12.5. The molecule has 0 heterocycles. The van der Waals surface area contributed by atoms with Crippen molar-refractivity contribution in [1.29, 1.82) is 0 Å². The highest BCUT2D eigenvalue weighted by atomic mass is 16.5. The van der Waals surface area contributed by atoms with Gasteiger partial charge < -0.3 is 9.47 Å². The summed E-state index contributed by atoms with van der Waals surface area (Å²) in [6, 6.07) is 49.4. The first-order chi connectivity index (χ1) is 33.2. The minimum Gasteiger partial charge on any atom is -0.494 e. The zero-order valence-corrected chi connectivity index (χ0v) is 41.1. The van der Waals surface area contributed by atoms with E-state index in [0.717, 1.165) is 115 Å². The smallest absolute Gasteiger partial charge is 0.119 e. The maximum absolute atomic E-state index is 6.04. The van der Waals surface area contributed by atoms with Crippen LogP contribution in [0, 0.1) is 71.0 Å². The first-order valence-corrected chi connectivity index (χ1v) is 24.8. The van der Waals surface area contributed by atoms with Crippen LogP contribution < -0.4 is 9.47 Å². The van der Waals surface area contributed by atoms with E-state index in [-0.39, 0.29) is 0 Å². The van der Waals surface area contributed by atoms with E-state index in [0.29, 0.717) is 11.8 Å². The Morgan fingerprint density at radius 1 is 0.309 bits per heavy atom. The van der Waals surface area contributed by atoms with Crippen LogP contribution in [0.1, 0.15) is 137 Å². The minimum absolute atomic E-state index is 0.683. The van der Waals surface area contributed by atoms with Crippen LogP contribution in [0.3, 0.4) is 0 Å². The molecule has 2 atom stereocenters. The second-order valence-corrected chi connectivity index (χ2v) is 19.2. The van der Waals surface area contributed by atoms with Crippen molar-refractivity contribution in [3.63, 3.8) is 0 Å². The van der Waals surface area contributed by atoms with E-state index in [1.807, 2.05) is 97.1 Å². The zero-order valence-electron chi connectivity index (χ0n) is 41.1. The number of benzene rings is 7. The number of hydrogen-bond donors (Lipinski definition) is 0. The molecule has 0 aliphatic heterocycles. The molecule has 0 saturated carbocycles. The van der Waals surface area contributed by atoms with Gasteiger partial charge in [-0.3, -0.25) is 0 Å². The molecule has 342 valence electrons. The molecular formula is C66H66O2. The largest absolute Gasteiger partial charge is 0.494 e. The molecule has 2 nitrogen and oxygen atoms in total. The number of ether oxygens (including phenoxy) is 2. The Balaban J connectivity index is 0.975. The Labute approximate surface area is 407 Å². The third-order valence-electron chi connectivity index (χ3n) is 12.5. The summed E-state index contributed by atoms with van der Waals surface area (Å²) in [6.45, 7) is 15.3. The monoisotopic (exact) mass is 891 g/mol. The van der Waals surface area contributed by atoms with Crippen molar-refractivity contribution in [3.05, 3.63) is 190 Å². The van der Waals surface area contributed by atoms with Crippen molar-refractivity contribution in [3.8, 4) is 58.9 Å². The quantitative estimate of drug-likeness (QED) is 0.0711. The summed E-state index contributed by atoms with van der Waals surface area (Å²) in [7, 11) is 0. The van der Waals surface area contributed by atoms with E-state index >= 15 is 0 Å². The maximum atomic E-state index is 6.04. The highest BCUT2D eigenvalue weighted by Gasteiger charge is 2.12. The van der Waals surface area contributed by atoms with E-state index in [1.54, 1.807) is 0 Å². The standard InChI is InChI=1S/C66H66O2/c1-49(2)13-11-15-51(5)45-47-67-59-39-33-57(34-40-59)31-25-53-21-27-55(28-22-53)37-43-65-61-17-7-9-19-63(61)66(64-20-10-8-18-62(64)65)44-38-56-29-23-54(24-30-56)26-32-58-35-41-60(42-36-58)68-48-46-52(6)16-12-14-50(3)4/h7-10,17-24,27-30,33-36,39-42,49-52H,11-16,45-48H2,1-6H3. The minimum atomic E-state index is 0.683. The summed E-state index contributed by atoms with van der Waals surface area (Å²) in [5.74, 6) is 31.9. The fourth-order valence-electron chi connectivity index (χ4n) is 8.29. The summed E-state index contributed by atoms with van der Waals surface area (Å²) >= 11 is 0. The lowest BCUT2D eigenvalue weighted by molar-refractivity contribution is 0.275. The molecule has 7 aromatic carbocycles. The number of fused-ring (bicyclic) bond motifs is 2. The second kappa shape index (κ2) is 25.1. The van der Waals surface area contributed by atoms with Gasteiger partial charge in [0.25, 0.3) is 0 Å². The molecule has 7 aromatic rings. The van der Waals surface area contributed by atoms with Gasteiger partial charge in [-0.05, 0) is 155 Å². The predicted molar refractivity (Wildman–Crippen MR) is 287 cm³/mol. The Morgan fingerprint density at radius 2 is 0.574 bits per heavy atom. The van der Waals surface area contributed by atoms with Crippen LogP contribution in [0.2, 0.25) is 0 Å². The van der Waals surface area contributed by atoms with E-state index in [9.17, 15) is 0 Å². The summed E-state index contributed by atoms with van der Waals surface area (Å²) < 4.78 is 12.1. The first-order valence-electron chi connectivity index (χ1n) is 24.8. The number of hydrogen-bond acceptors (Lipinski definition) is 2. The van der Waals surface area contributed by atoms with E-state index < -0.39 is 0 Å². The van der Waals surface area contributed by atoms with E-state index in [4.69, 9.17) is 9.47 Å². The zero-order chi connectivity index (χ0) is 47.5. The average molecular weight is 891 g/mol. The van der Waals surface area contributed by atoms with Crippen LogP contribution in [0.5, 0.6) is 11.5 Å². The summed E-state index contributed by atoms with van der Waals surface area (Å²) in [5, 5.41) is 4.34. The molecule has 0 aliphatic rings. The molecule has 7 rings (SSSR count). The number of rotatable bonds is 16. The van der Waals surface area contributed by atoms with Crippen LogP contribution in [-0.4, -0.2) is 13.2 Å². The molecule has 2 heteroatoms. The van der Waals surface area contributed by atoms with Crippen LogP contribution in [0.25, 0.3) is 21.5 Å². The van der Waals surface area contributed by atoms with E-state index in [1.165, 1.54) is 38.5 Å². The van der Waals surface area contributed by atoms with Crippen LogP contribution in [0.4, 0.5) is 0 Å². The molecule has 0 bridgehead atoms. The Hall–Kier alpha value is -7.10. The fraction of sp³-hybridized carbons (Fsp3) is 0.303. The molecule has 0 spiro atoms. The summed E-state index contributed by atoms with van der Waals surface area (Å²) in [6.07, 6.45) is 9.90. The van der Waals surface area contributed by atoms with Crippen molar-refractivity contribution in [2.75, 3.05) is 13.2 Å². The van der Waals surface area contributed by atoms with E-state index in [2.05, 4.69) is 137 Å². The van der Waals surface area contributed by atoms with Crippen LogP contribution in [0.15, 0.2) is 146 Å². The van der Waals surface area contributed by atoms with Gasteiger partial charge in [0.05, 0.1) is 13.2 Å². The van der Waals surface area contributed by atoms with Gasteiger partial charge in [-0.15, -0.1) is 0 Å². The molecule has 0 saturated heterocycles. The Bertz CT molecular complexity index is 2710. The fourth-order valence-corrected chi connectivity index (χ4v) is 8.29. The topological polar surface area (TPSA) is 18.5 Å². The van der Waals surface area contributed by atoms with Crippen molar-refractivity contribution in [2.24, 2.45) is 23.7 Å². The van der Waals surface area contributed by atoms with Gasteiger partial charge in [-0.2, -0.15) is 0 Å². The molecule has 0 fully saturated rings. The van der Waals surface area contributed by atoms with Gasteiger partial charge in [0.2, 0.25) is 0 Å². The lowest BCUT2D eigenvalue weighted by Crippen LogP contribution is -2.04. The molecule has 0 aliphatic carbocycles. The highest BCUT2D eigenvalue weighted by Crippen LogP contribution is 2.32. The lowest BCUT2D eigenvalue weighted by Gasteiger charge is -2.13. The molecule has 0 radical (unpaired) electrons. The van der Waals surface area contributed by atoms with Crippen molar-refractivity contribution in [1.82, 2.24) is 0 Å². The van der Waals surface area contributed by atoms with Gasteiger partial charge >= 0.3 is 0 Å². The third kappa shape index (κ3) is 15.0. The highest BCUT2D eigenvalue weighted by molar-refractivity contribution is 6.09. The normalized spacial score (nSPS) is 11.6. The van der Waals surface area contributed by atoms with Gasteiger partial charge in [0.15, 0.2) is 0 Å². The van der Waals surface area contributed by atoms with Crippen LogP contribution in [-0.2, 0) is 0 Å². The summed E-state index contributed by atoms with van der Waals surface area (Å²) in [5.41, 5.74) is 7.67. The first kappa shape index (κ1) is 48.8. The van der Waals surface area contributed by atoms with Gasteiger partial charge in [0.1, 0.15) is 11.5 Å². The Kier molecular flexibility index (Phi) is 18.1. The molecule has 68 heavy (non-hydrogen) atoms. The van der Waals surface area contributed by atoms with Gasteiger partial charge in [-0.25, -0.2) is 0 Å². The van der Waals surface area contributed by atoms with Crippen LogP contribution >= 0.6 is 0 Å². The molecule has 0 amide bonds.